The topological polar surface area (TPSA) is 47.6 Å². The molecule has 1 N–H and O–H groups in total. The second kappa shape index (κ2) is 5.32. The Morgan fingerprint density at radius 1 is 1.57 bits per heavy atom. The average Bonchev–Trinajstić information content (AvgIpc) is 2.14. The van der Waals surface area contributed by atoms with Gasteiger partial charge in [-0.15, -0.1) is 0 Å². The molecule has 0 radical (unpaired) electrons. The summed E-state index contributed by atoms with van der Waals surface area (Å²) >= 11 is 0. The van der Waals surface area contributed by atoms with Crippen molar-refractivity contribution >= 4 is 5.91 Å². The first kappa shape index (κ1) is 11.5. The van der Waals surface area contributed by atoms with E-state index in [1.807, 2.05) is 6.92 Å². The van der Waals surface area contributed by atoms with Crippen molar-refractivity contribution in [1.29, 1.82) is 0 Å². The molecule has 1 aliphatic heterocycles. The molecule has 0 aromatic carbocycles. The van der Waals surface area contributed by atoms with E-state index in [0.29, 0.717) is 0 Å². The summed E-state index contributed by atoms with van der Waals surface area (Å²) in [6, 6.07) is 0. The summed E-state index contributed by atoms with van der Waals surface area (Å²) in [6.45, 7) is 3.53. The minimum absolute atomic E-state index is 0.00681. The monoisotopic (exact) mass is 201 g/mol. The Labute approximate surface area is 85.0 Å². The highest BCUT2D eigenvalue weighted by molar-refractivity contribution is 5.73. The van der Waals surface area contributed by atoms with Gasteiger partial charge in [0.25, 0.3) is 0 Å². The molecule has 82 valence electrons. The van der Waals surface area contributed by atoms with Gasteiger partial charge in [-0.25, -0.2) is 0 Å². The smallest absolute Gasteiger partial charge is 0.218 e. The van der Waals surface area contributed by atoms with E-state index < -0.39 is 0 Å². The second-order valence-corrected chi connectivity index (χ2v) is 3.77. The quantitative estimate of drug-likeness (QED) is 0.694. The maximum atomic E-state index is 10.9. The third-order valence-electron chi connectivity index (χ3n) is 2.44. The molecule has 4 heteroatoms. The molecule has 14 heavy (non-hydrogen) atoms. The number of nitrogens with one attached hydrogen (secondary N) is 1. The minimum Gasteiger partial charge on any atom is -0.371 e. The van der Waals surface area contributed by atoms with Crippen LogP contribution in [0.25, 0.3) is 0 Å². The number of carbonyl (C=O) groups excluding carboxylic acids is 1. The lowest BCUT2D eigenvalue weighted by Crippen LogP contribution is -2.47. The highest BCUT2D eigenvalue weighted by Crippen LogP contribution is 2.21. The van der Waals surface area contributed by atoms with Gasteiger partial charge in [-0.05, 0) is 26.2 Å². The Balaban J connectivity index is 2.46. The van der Waals surface area contributed by atoms with Crippen molar-refractivity contribution in [3.63, 3.8) is 0 Å². The molecule has 0 aromatic heterocycles. The summed E-state index contributed by atoms with van der Waals surface area (Å²) in [5.41, 5.74) is 0. The van der Waals surface area contributed by atoms with E-state index in [4.69, 9.17) is 9.47 Å². The van der Waals surface area contributed by atoms with Gasteiger partial charge in [-0.2, -0.15) is 0 Å². The molecule has 3 atom stereocenters. The van der Waals surface area contributed by atoms with Crippen molar-refractivity contribution in [2.24, 2.45) is 0 Å². The van der Waals surface area contributed by atoms with Crippen LogP contribution in [0.4, 0.5) is 0 Å². The predicted molar refractivity (Wildman–Crippen MR) is 52.8 cm³/mol. The summed E-state index contributed by atoms with van der Waals surface area (Å²) in [7, 11) is 1.59. The van der Waals surface area contributed by atoms with Gasteiger partial charge in [-0.3, -0.25) is 4.79 Å². The second-order valence-electron chi connectivity index (χ2n) is 3.77. The molecule has 1 aliphatic rings. The highest BCUT2D eigenvalue weighted by atomic mass is 16.5. The van der Waals surface area contributed by atoms with Crippen LogP contribution in [0, 0.1) is 0 Å². The van der Waals surface area contributed by atoms with Gasteiger partial charge in [0.15, 0.2) is 6.23 Å². The van der Waals surface area contributed by atoms with Crippen LogP contribution in [0.1, 0.15) is 33.1 Å². The van der Waals surface area contributed by atoms with E-state index in [0.717, 1.165) is 19.3 Å². The highest BCUT2D eigenvalue weighted by Gasteiger charge is 2.27. The molecule has 0 unspecified atom stereocenters. The van der Waals surface area contributed by atoms with Gasteiger partial charge in [-0.1, -0.05) is 0 Å². The van der Waals surface area contributed by atoms with Crippen LogP contribution in [0.5, 0.6) is 0 Å². The predicted octanol–water partition coefficient (Wildman–Crippen LogP) is 1.05. The molecule has 0 spiro atoms. The molecule has 0 aliphatic carbocycles. The Kier molecular flexibility index (Phi) is 4.35. The molecule has 0 bridgehead atoms. The van der Waals surface area contributed by atoms with Gasteiger partial charge in [0, 0.05) is 14.0 Å². The fourth-order valence-electron chi connectivity index (χ4n) is 1.77. The molecule has 1 saturated heterocycles. The van der Waals surface area contributed by atoms with Gasteiger partial charge in [0.05, 0.1) is 6.10 Å². The van der Waals surface area contributed by atoms with E-state index in [-0.39, 0.29) is 24.3 Å². The van der Waals surface area contributed by atoms with E-state index >= 15 is 0 Å². The SMILES string of the molecule is CO[C@H](NC(C)=O)[C@@H]1CCC[C@@H](C)O1. The fraction of sp³-hybridized carbons (Fsp3) is 0.900. The number of hydrogen-bond donors (Lipinski definition) is 1. The van der Waals surface area contributed by atoms with Crippen molar-refractivity contribution in [2.45, 2.75) is 51.5 Å². The zero-order valence-electron chi connectivity index (χ0n) is 9.08. The van der Waals surface area contributed by atoms with Crippen LogP contribution in [0.2, 0.25) is 0 Å². The maximum Gasteiger partial charge on any atom is 0.218 e. The summed E-state index contributed by atoms with van der Waals surface area (Å²) in [5.74, 6) is -0.0846. The summed E-state index contributed by atoms with van der Waals surface area (Å²) in [4.78, 5) is 10.9. The fourth-order valence-corrected chi connectivity index (χ4v) is 1.77. The third kappa shape index (κ3) is 3.27. The van der Waals surface area contributed by atoms with Crippen LogP contribution in [0.3, 0.4) is 0 Å². The first-order chi connectivity index (χ1) is 6.63. The molecule has 1 rings (SSSR count). The molecule has 1 amide bonds. The van der Waals surface area contributed by atoms with Gasteiger partial charge in [0.1, 0.15) is 6.10 Å². The van der Waals surface area contributed by atoms with Crippen LogP contribution in [-0.2, 0) is 14.3 Å². The average molecular weight is 201 g/mol. The van der Waals surface area contributed by atoms with E-state index in [1.54, 1.807) is 7.11 Å². The Morgan fingerprint density at radius 2 is 2.29 bits per heavy atom. The van der Waals surface area contributed by atoms with Crippen LogP contribution < -0.4 is 5.32 Å². The Morgan fingerprint density at radius 3 is 2.79 bits per heavy atom. The van der Waals surface area contributed by atoms with Crippen molar-refractivity contribution in [3.8, 4) is 0 Å². The van der Waals surface area contributed by atoms with Crippen molar-refractivity contribution in [1.82, 2.24) is 5.32 Å². The van der Waals surface area contributed by atoms with E-state index in [1.165, 1.54) is 6.92 Å². The lowest BCUT2D eigenvalue weighted by molar-refractivity contribution is -0.139. The van der Waals surface area contributed by atoms with E-state index in [9.17, 15) is 4.79 Å². The number of amides is 1. The molecular weight excluding hydrogens is 182 g/mol. The summed E-state index contributed by atoms with van der Waals surface area (Å²) in [6.07, 6.45) is 3.12. The third-order valence-corrected chi connectivity index (χ3v) is 2.44. The molecule has 0 aromatic rings. The summed E-state index contributed by atoms with van der Waals surface area (Å²) < 4.78 is 10.9. The molecule has 1 heterocycles. The number of hydrogen-bond acceptors (Lipinski definition) is 3. The van der Waals surface area contributed by atoms with Gasteiger partial charge in [0.2, 0.25) is 5.91 Å². The number of carbonyl (C=O) groups is 1. The Bertz CT molecular complexity index is 196. The number of rotatable bonds is 3. The summed E-state index contributed by atoms with van der Waals surface area (Å²) in [5, 5.41) is 2.73. The van der Waals surface area contributed by atoms with E-state index in [2.05, 4.69) is 5.32 Å². The Hall–Kier alpha value is -0.610. The van der Waals surface area contributed by atoms with Gasteiger partial charge < -0.3 is 14.8 Å². The van der Waals surface area contributed by atoms with Crippen LogP contribution in [0.15, 0.2) is 0 Å². The standard InChI is InChI=1S/C10H19NO3/c1-7-5-4-6-9(14-7)10(13-3)11-8(2)12/h7,9-10H,4-6H2,1-3H3,(H,11,12)/t7-,9+,10+/m1/s1. The largest absolute Gasteiger partial charge is 0.371 e. The minimum atomic E-state index is -0.310. The maximum absolute atomic E-state index is 10.9. The molecule has 0 saturated carbocycles. The van der Waals surface area contributed by atoms with Crippen LogP contribution >= 0.6 is 0 Å². The lowest BCUT2D eigenvalue weighted by atomic mass is 10.0. The number of methoxy groups -OCH3 is 1. The van der Waals surface area contributed by atoms with Crippen LogP contribution in [-0.4, -0.2) is 31.5 Å². The lowest BCUT2D eigenvalue weighted by Gasteiger charge is -2.33. The zero-order chi connectivity index (χ0) is 10.6. The van der Waals surface area contributed by atoms with Crippen molar-refractivity contribution in [3.05, 3.63) is 0 Å². The molecule has 4 nitrogen and oxygen atoms in total. The first-order valence-electron chi connectivity index (χ1n) is 5.09. The van der Waals surface area contributed by atoms with Gasteiger partial charge >= 0.3 is 0 Å². The number of ether oxygens (including phenoxy) is 2. The first-order valence-corrected chi connectivity index (χ1v) is 5.09. The zero-order valence-corrected chi connectivity index (χ0v) is 9.08. The van der Waals surface area contributed by atoms with Crippen molar-refractivity contribution < 1.29 is 14.3 Å². The normalized spacial score (nSPS) is 29.6. The molecule has 1 fully saturated rings. The molecular formula is C10H19NO3. The van der Waals surface area contributed by atoms with Crippen molar-refractivity contribution in [2.75, 3.05) is 7.11 Å².